The standard InChI is InChI=1S/C8H12N6/c1-13(4-2-9)7-8-12-11-6-14(8)5-3-10-7/h3,5-6H,2,4,9H2,1H3. The maximum Gasteiger partial charge on any atom is 0.203 e. The summed E-state index contributed by atoms with van der Waals surface area (Å²) in [5, 5.41) is 7.81. The lowest BCUT2D eigenvalue weighted by atomic mass is 10.5. The average molecular weight is 192 g/mol. The SMILES string of the molecule is CN(CCN)c1nccn2cnnc12. The van der Waals surface area contributed by atoms with Gasteiger partial charge >= 0.3 is 0 Å². The van der Waals surface area contributed by atoms with Crippen LogP contribution in [0.15, 0.2) is 18.7 Å². The number of aromatic nitrogens is 4. The van der Waals surface area contributed by atoms with Crippen molar-refractivity contribution in [1.29, 1.82) is 0 Å². The Morgan fingerprint density at radius 3 is 3.21 bits per heavy atom. The number of hydrogen-bond donors (Lipinski definition) is 1. The zero-order valence-electron chi connectivity index (χ0n) is 7.96. The molecule has 2 rings (SSSR count). The Bertz CT molecular complexity index is 422. The second kappa shape index (κ2) is 3.59. The van der Waals surface area contributed by atoms with E-state index in [1.807, 2.05) is 22.5 Å². The van der Waals surface area contributed by atoms with Crippen molar-refractivity contribution < 1.29 is 0 Å². The van der Waals surface area contributed by atoms with Crippen molar-refractivity contribution in [2.45, 2.75) is 0 Å². The minimum atomic E-state index is 0.591. The fourth-order valence-corrected chi connectivity index (χ4v) is 1.31. The van der Waals surface area contributed by atoms with Gasteiger partial charge in [-0.3, -0.25) is 4.40 Å². The highest BCUT2D eigenvalue weighted by Crippen LogP contribution is 2.13. The zero-order valence-corrected chi connectivity index (χ0v) is 7.96. The summed E-state index contributed by atoms with van der Waals surface area (Å²) in [5.74, 6) is 0.801. The van der Waals surface area contributed by atoms with Crippen LogP contribution in [0.2, 0.25) is 0 Å². The van der Waals surface area contributed by atoms with Crippen LogP contribution in [-0.4, -0.2) is 39.7 Å². The van der Waals surface area contributed by atoms with Crippen LogP contribution in [-0.2, 0) is 0 Å². The van der Waals surface area contributed by atoms with Crippen molar-refractivity contribution in [3.63, 3.8) is 0 Å². The molecule has 6 heteroatoms. The van der Waals surface area contributed by atoms with E-state index in [1.165, 1.54) is 0 Å². The zero-order chi connectivity index (χ0) is 9.97. The molecule has 2 aromatic heterocycles. The third-order valence-electron chi connectivity index (χ3n) is 2.02. The van der Waals surface area contributed by atoms with Gasteiger partial charge in [-0.05, 0) is 0 Å². The van der Waals surface area contributed by atoms with E-state index in [4.69, 9.17) is 5.73 Å². The third kappa shape index (κ3) is 1.39. The van der Waals surface area contributed by atoms with Crippen LogP contribution in [0.5, 0.6) is 0 Å². The molecule has 0 aromatic carbocycles. The van der Waals surface area contributed by atoms with Crippen molar-refractivity contribution in [3.05, 3.63) is 18.7 Å². The Morgan fingerprint density at radius 1 is 1.57 bits per heavy atom. The summed E-state index contributed by atoms with van der Waals surface area (Å²) in [5.41, 5.74) is 6.23. The van der Waals surface area contributed by atoms with E-state index in [2.05, 4.69) is 15.2 Å². The molecule has 0 radical (unpaired) electrons. The smallest absolute Gasteiger partial charge is 0.203 e. The maximum atomic E-state index is 5.47. The maximum absolute atomic E-state index is 5.47. The van der Waals surface area contributed by atoms with Crippen molar-refractivity contribution in [2.24, 2.45) is 5.73 Å². The molecular weight excluding hydrogens is 180 g/mol. The van der Waals surface area contributed by atoms with Crippen LogP contribution in [0.1, 0.15) is 0 Å². The molecule has 0 aliphatic heterocycles. The summed E-state index contributed by atoms with van der Waals surface area (Å²) in [4.78, 5) is 6.21. The molecule has 74 valence electrons. The van der Waals surface area contributed by atoms with Gasteiger partial charge in [0.1, 0.15) is 6.33 Å². The predicted octanol–water partition coefficient (Wildman–Crippen LogP) is -0.481. The van der Waals surface area contributed by atoms with Gasteiger partial charge in [-0.1, -0.05) is 0 Å². The van der Waals surface area contributed by atoms with Gasteiger partial charge in [-0.25, -0.2) is 4.98 Å². The molecule has 0 saturated heterocycles. The van der Waals surface area contributed by atoms with Crippen LogP contribution < -0.4 is 10.6 Å². The number of anilines is 1. The molecule has 2 N–H and O–H groups in total. The Labute approximate surface area is 81.4 Å². The van der Waals surface area contributed by atoms with Gasteiger partial charge in [0, 0.05) is 32.5 Å². The van der Waals surface area contributed by atoms with Gasteiger partial charge in [0.2, 0.25) is 5.65 Å². The van der Waals surface area contributed by atoms with E-state index >= 15 is 0 Å². The van der Waals surface area contributed by atoms with Gasteiger partial charge in [-0.2, -0.15) is 0 Å². The first-order valence-electron chi connectivity index (χ1n) is 4.38. The van der Waals surface area contributed by atoms with Gasteiger partial charge in [-0.15, -0.1) is 10.2 Å². The lowest BCUT2D eigenvalue weighted by molar-refractivity contribution is 0.865. The van der Waals surface area contributed by atoms with Crippen molar-refractivity contribution in [3.8, 4) is 0 Å². The van der Waals surface area contributed by atoms with Crippen LogP contribution in [0, 0.1) is 0 Å². The Balaban J connectivity index is 2.45. The van der Waals surface area contributed by atoms with E-state index in [9.17, 15) is 0 Å². The number of fused-ring (bicyclic) bond motifs is 1. The average Bonchev–Trinajstić information content (AvgIpc) is 2.65. The molecule has 0 spiro atoms. The van der Waals surface area contributed by atoms with Crippen LogP contribution in [0.25, 0.3) is 5.65 Å². The quantitative estimate of drug-likeness (QED) is 0.711. The highest BCUT2D eigenvalue weighted by Gasteiger charge is 2.08. The summed E-state index contributed by atoms with van der Waals surface area (Å²) < 4.78 is 1.83. The molecular formula is C8H12N6. The number of nitrogens with zero attached hydrogens (tertiary/aromatic N) is 5. The molecule has 0 saturated carbocycles. The van der Waals surface area contributed by atoms with Crippen LogP contribution in [0.4, 0.5) is 5.82 Å². The Morgan fingerprint density at radius 2 is 2.43 bits per heavy atom. The largest absolute Gasteiger partial charge is 0.355 e. The van der Waals surface area contributed by atoms with Gasteiger partial charge in [0.15, 0.2) is 5.82 Å². The van der Waals surface area contributed by atoms with Crippen molar-refractivity contribution >= 4 is 11.5 Å². The molecule has 0 bridgehead atoms. The fourth-order valence-electron chi connectivity index (χ4n) is 1.31. The molecule has 6 nitrogen and oxygen atoms in total. The Hall–Kier alpha value is -1.69. The first-order chi connectivity index (χ1) is 6.83. The normalized spacial score (nSPS) is 10.7. The topological polar surface area (TPSA) is 72.3 Å². The van der Waals surface area contributed by atoms with Crippen molar-refractivity contribution in [2.75, 3.05) is 25.0 Å². The highest BCUT2D eigenvalue weighted by molar-refractivity contribution is 5.62. The number of likely N-dealkylation sites (N-methyl/N-ethyl adjacent to an activating group) is 1. The highest BCUT2D eigenvalue weighted by atomic mass is 15.3. The lowest BCUT2D eigenvalue weighted by Crippen LogP contribution is -2.26. The summed E-state index contributed by atoms with van der Waals surface area (Å²) in [6.45, 7) is 1.34. The van der Waals surface area contributed by atoms with E-state index in [0.717, 1.165) is 18.0 Å². The molecule has 0 aliphatic carbocycles. The van der Waals surface area contributed by atoms with Gasteiger partial charge < -0.3 is 10.6 Å². The molecule has 0 aliphatic rings. The van der Waals surface area contributed by atoms with Gasteiger partial charge in [0.25, 0.3) is 0 Å². The fraction of sp³-hybridized carbons (Fsp3) is 0.375. The first-order valence-corrected chi connectivity index (χ1v) is 4.38. The van der Waals surface area contributed by atoms with E-state index in [-0.39, 0.29) is 0 Å². The number of hydrogen-bond acceptors (Lipinski definition) is 5. The van der Waals surface area contributed by atoms with Gasteiger partial charge in [0.05, 0.1) is 0 Å². The summed E-state index contributed by atoms with van der Waals surface area (Å²) in [6.07, 6.45) is 5.19. The van der Waals surface area contributed by atoms with E-state index < -0.39 is 0 Å². The number of rotatable bonds is 3. The molecule has 0 fully saturated rings. The second-order valence-electron chi connectivity index (χ2n) is 3.02. The lowest BCUT2D eigenvalue weighted by Gasteiger charge is -2.16. The van der Waals surface area contributed by atoms with Crippen LogP contribution >= 0.6 is 0 Å². The second-order valence-corrected chi connectivity index (χ2v) is 3.02. The monoisotopic (exact) mass is 192 g/mol. The Kier molecular flexibility index (Phi) is 2.28. The summed E-state index contributed by atoms with van der Waals surface area (Å²) in [6, 6.07) is 0. The summed E-state index contributed by atoms with van der Waals surface area (Å²) in [7, 11) is 1.93. The van der Waals surface area contributed by atoms with E-state index in [1.54, 1.807) is 12.5 Å². The summed E-state index contributed by atoms with van der Waals surface area (Å²) >= 11 is 0. The minimum absolute atomic E-state index is 0.591. The van der Waals surface area contributed by atoms with Crippen molar-refractivity contribution in [1.82, 2.24) is 19.6 Å². The molecule has 0 amide bonds. The first kappa shape index (κ1) is 8.89. The minimum Gasteiger partial charge on any atom is -0.355 e. The predicted molar refractivity (Wildman–Crippen MR) is 53.1 cm³/mol. The third-order valence-corrected chi connectivity index (χ3v) is 2.02. The molecule has 0 unspecified atom stereocenters. The molecule has 2 aromatic rings. The van der Waals surface area contributed by atoms with Crippen LogP contribution in [0.3, 0.4) is 0 Å². The molecule has 2 heterocycles. The number of nitrogens with two attached hydrogens (primary N) is 1. The molecule has 0 atom stereocenters. The van der Waals surface area contributed by atoms with E-state index in [0.29, 0.717) is 6.54 Å². The molecule has 14 heavy (non-hydrogen) atoms.